The van der Waals surface area contributed by atoms with Crippen molar-refractivity contribution in [3.8, 4) is 0 Å². The summed E-state index contributed by atoms with van der Waals surface area (Å²) >= 11 is 3.48. The minimum absolute atomic E-state index is 0.200. The lowest BCUT2D eigenvalue weighted by atomic mass is 9.61. The number of fused-ring (bicyclic) bond motifs is 3. The Morgan fingerprint density at radius 2 is 1.87 bits per heavy atom. The Kier molecular flexibility index (Phi) is 3.01. The number of urea groups is 1. The van der Waals surface area contributed by atoms with Crippen LogP contribution in [0.4, 0.5) is 4.79 Å². The van der Waals surface area contributed by atoms with E-state index in [0.29, 0.717) is 25.7 Å². The molecular formula is C17H17BrN2O3. The number of halogens is 1. The molecular weight excluding hydrogens is 360 g/mol. The molecule has 1 saturated heterocycles. The molecule has 4 rings (SSSR count). The Balaban J connectivity index is 1.94. The van der Waals surface area contributed by atoms with Crippen LogP contribution in [0.1, 0.15) is 36.8 Å². The standard InChI is InChI=1S/C17H17BrN2O3/c1-20-14(22)17(19-15(20)23)13-8-11(18)3-2-10(13)9-16(17)6-4-12(21)5-7-16/h2-3,8H,4-7,9H2,1H3,(H,19,23). The summed E-state index contributed by atoms with van der Waals surface area (Å²) in [6, 6.07) is 5.56. The number of Topliss-reactive ketones (excluding diaryl/α,β-unsaturated/α-hetero) is 1. The van der Waals surface area contributed by atoms with Crippen molar-refractivity contribution >= 4 is 33.7 Å². The van der Waals surface area contributed by atoms with Gasteiger partial charge in [0.2, 0.25) is 0 Å². The maximum atomic E-state index is 13.1. The predicted molar refractivity (Wildman–Crippen MR) is 86.7 cm³/mol. The highest BCUT2D eigenvalue weighted by atomic mass is 79.9. The zero-order valence-corrected chi connectivity index (χ0v) is 14.4. The molecule has 1 atom stereocenters. The second-order valence-corrected chi connectivity index (χ2v) is 7.76. The number of nitrogens with zero attached hydrogens (tertiary/aromatic N) is 1. The van der Waals surface area contributed by atoms with Crippen LogP contribution >= 0.6 is 15.9 Å². The van der Waals surface area contributed by atoms with Crippen LogP contribution < -0.4 is 5.32 Å². The number of ketones is 1. The predicted octanol–water partition coefficient (Wildman–Crippen LogP) is 2.51. The lowest BCUT2D eigenvalue weighted by molar-refractivity contribution is -0.139. The van der Waals surface area contributed by atoms with Gasteiger partial charge in [-0.2, -0.15) is 0 Å². The first kappa shape index (κ1) is 14.9. The van der Waals surface area contributed by atoms with Crippen molar-refractivity contribution in [2.24, 2.45) is 5.41 Å². The van der Waals surface area contributed by atoms with E-state index in [2.05, 4.69) is 21.2 Å². The fraction of sp³-hybridized carbons (Fsp3) is 0.471. The maximum absolute atomic E-state index is 13.1. The third-order valence-corrected chi connectivity index (χ3v) is 6.28. The van der Waals surface area contributed by atoms with E-state index in [4.69, 9.17) is 0 Å². The van der Waals surface area contributed by atoms with E-state index in [9.17, 15) is 14.4 Å². The monoisotopic (exact) mass is 376 g/mol. The molecule has 1 aliphatic heterocycles. The fourth-order valence-corrected chi connectivity index (χ4v) is 4.94. The molecule has 1 saturated carbocycles. The van der Waals surface area contributed by atoms with Gasteiger partial charge in [-0.25, -0.2) is 4.79 Å². The molecule has 6 heteroatoms. The first-order chi connectivity index (χ1) is 10.9. The van der Waals surface area contributed by atoms with Crippen LogP contribution in [0.15, 0.2) is 22.7 Å². The summed E-state index contributed by atoms with van der Waals surface area (Å²) in [4.78, 5) is 38.3. The van der Waals surface area contributed by atoms with Crippen molar-refractivity contribution < 1.29 is 14.4 Å². The van der Waals surface area contributed by atoms with Gasteiger partial charge in [0.1, 0.15) is 5.78 Å². The number of nitrogens with one attached hydrogen (secondary N) is 1. The van der Waals surface area contributed by atoms with Gasteiger partial charge in [0.25, 0.3) is 5.91 Å². The Morgan fingerprint density at radius 1 is 1.17 bits per heavy atom. The van der Waals surface area contributed by atoms with Crippen LogP contribution in [0.3, 0.4) is 0 Å². The minimum atomic E-state index is -1.03. The summed E-state index contributed by atoms with van der Waals surface area (Å²) in [7, 11) is 1.52. The number of carbonyl (C=O) groups excluding carboxylic acids is 3. The van der Waals surface area contributed by atoms with Crippen molar-refractivity contribution in [1.29, 1.82) is 0 Å². The van der Waals surface area contributed by atoms with Crippen molar-refractivity contribution in [3.05, 3.63) is 33.8 Å². The van der Waals surface area contributed by atoms with Gasteiger partial charge in [-0.05, 0) is 42.5 Å². The van der Waals surface area contributed by atoms with Crippen LogP contribution in [0.5, 0.6) is 0 Å². The van der Waals surface area contributed by atoms with Crippen molar-refractivity contribution in [1.82, 2.24) is 10.2 Å². The average molecular weight is 377 g/mol. The molecule has 23 heavy (non-hydrogen) atoms. The summed E-state index contributed by atoms with van der Waals surface area (Å²) < 4.78 is 0.885. The molecule has 1 N–H and O–H groups in total. The van der Waals surface area contributed by atoms with E-state index in [0.717, 1.165) is 22.0 Å². The molecule has 120 valence electrons. The number of rotatable bonds is 0. The molecule has 0 radical (unpaired) electrons. The lowest BCUT2D eigenvalue weighted by Crippen LogP contribution is -2.56. The Hall–Kier alpha value is -1.69. The SMILES string of the molecule is CN1C(=O)NC2(C1=O)c1cc(Br)ccc1CC21CCC(=O)CC1. The quantitative estimate of drug-likeness (QED) is 0.707. The highest BCUT2D eigenvalue weighted by Gasteiger charge is 2.67. The van der Waals surface area contributed by atoms with E-state index >= 15 is 0 Å². The number of imide groups is 1. The van der Waals surface area contributed by atoms with Gasteiger partial charge in [0.15, 0.2) is 5.54 Å². The molecule has 5 nitrogen and oxygen atoms in total. The molecule has 3 amide bonds. The van der Waals surface area contributed by atoms with E-state index in [1.807, 2.05) is 18.2 Å². The summed E-state index contributed by atoms with van der Waals surface area (Å²) in [6.07, 6.45) is 2.95. The normalized spacial score (nSPS) is 28.6. The summed E-state index contributed by atoms with van der Waals surface area (Å²) in [5.41, 5.74) is 0.538. The molecule has 0 aromatic heterocycles. The number of hydrogen-bond acceptors (Lipinski definition) is 3. The second kappa shape index (κ2) is 4.66. The van der Waals surface area contributed by atoms with Gasteiger partial charge in [-0.15, -0.1) is 0 Å². The smallest absolute Gasteiger partial charge is 0.319 e. The van der Waals surface area contributed by atoms with Crippen molar-refractivity contribution in [2.75, 3.05) is 7.05 Å². The number of hydrogen-bond donors (Lipinski definition) is 1. The molecule has 1 aromatic carbocycles. The van der Waals surface area contributed by atoms with Crippen LogP contribution in [-0.4, -0.2) is 29.7 Å². The van der Waals surface area contributed by atoms with Gasteiger partial charge in [0, 0.05) is 29.8 Å². The van der Waals surface area contributed by atoms with Gasteiger partial charge in [0.05, 0.1) is 0 Å². The first-order valence-electron chi connectivity index (χ1n) is 7.81. The van der Waals surface area contributed by atoms with Gasteiger partial charge >= 0.3 is 6.03 Å². The van der Waals surface area contributed by atoms with Gasteiger partial charge in [-0.3, -0.25) is 14.5 Å². The van der Waals surface area contributed by atoms with Crippen LogP contribution in [0.2, 0.25) is 0 Å². The Labute approximate surface area is 142 Å². The molecule has 1 heterocycles. The average Bonchev–Trinajstić information content (AvgIpc) is 2.92. The number of carbonyl (C=O) groups is 3. The molecule has 2 spiro atoms. The molecule has 2 fully saturated rings. The maximum Gasteiger partial charge on any atom is 0.325 e. The third kappa shape index (κ3) is 1.75. The molecule has 3 aliphatic rings. The van der Waals surface area contributed by atoms with E-state index < -0.39 is 11.0 Å². The largest absolute Gasteiger partial charge is 0.325 e. The summed E-state index contributed by atoms with van der Waals surface area (Å²) in [6.45, 7) is 0. The van der Waals surface area contributed by atoms with Crippen molar-refractivity contribution in [2.45, 2.75) is 37.6 Å². The number of amides is 3. The van der Waals surface area contributed by atoms with Gasteiger partial charge < -0.3 is 5.32 Å². The fourth-order valence-electron chi connectivity index (χ4n) is 4.58. The number of benzene rings is 1. The van der Waals surface area contributed by atoms with E-state index in [-0.39, 0.29) is 17.7 Å². The van der Waals surface area contributed by atoms with E-state index in [1.165, 1.54) is 11.9 Å². The van der Waals surface area contributed by atoms with E-state index in [1.54, 1.807) is 0 Å². The topological polar surface area (TPSA) is 66.5 Å². The third-order valence-electron chi connectivity index (χ3n) is 5.79. The summed E-state index contributed by atoms with van der Waals surface area (Å²) in [5.74, 6) is 0.0433. The van der Waals surface area contributed by atoms with Gasteiger partial charge in [-0.1, -0.05) is 22.0 Å². The minimum Gasteiger partial charge on any atom is -0.319 e. The second-order valence-electron chi connectivity index (χ2n) is 6.84. The lowest BCUT2D eigenvalue weighted by Gasteiger charge is -2.44. The first-order valence-corrected chi connectivity index (χ1v) is 8.60. The zero-order chi connectivity index (χ0) is 16.4. The van der Waals surface area contributed by atoms with Crippen molar-refractivity contribution in [3.63, 3.8) is 0 Å². The number of likely N-dealkylation sites (N-methyl/N-ethyl adjacent to an activating group) is 1. The molecule has 1 unspecified atom stereocenters. The Morgan fingerprint density at radius 3 is 2.48 bits per heavy atom. The van der Waals surface area contributed by atoms with Crippen LogP contribution in [-0.2, 0) is 21.5 Å². The summed E-state index contributed by atoms with van der Waals surface area (Å²) in [5, 5.41) is 2.99. The Bertz CT molecular complexity index is 750. The molecule has 0 bridgehead atoms. The molecule has 1 aromatic rings. The van der Waals surface area contributed by atoms with Crippen LogP contribution in [0.25, 0.3) is 0 Å². The van der Waals surface area contributed by atoms with Crippen LogP contribution in [0, 0.1) is 5.41 Å². The molecule has 2 aliphatic carbocycles. The zero-order valence-electron chi connectivity index (χ0n) is 12.8. The highest BCUT2D eigenvalue weighted by molar-refractivity contribution is 9.10. The highest BCUT2D eigenvalue weighted by Crippen LogP contribution is 2.59.